The molecule has 0 saturated heterocycles. The van der Waals surface area contributed by atoms with E-state index in [1.54, 1.807) is 31.4 Å². The summed E-state index contributed by atoms with van der Waals surface area (Å²) < 4.78 is 10.7. The van der Waals surface area contributed by atoms with Crippen LogP contribution in [0.5, 0.6) is 11.5 Å². The lowest BCUT2D eigenvalue weighted by Crippen LogP contribution is -2.46. The molecule has 0 heterocycles. The first-order chi connectivity index (χ1) is 12.4. The summed E-state index contributed by atoms with van der Waals surface area (Å²) in [6.45, 7) is 4.83. The van der Waals surface area contributed by atoms with Crippen LogP contribution in [0, 0.1) is 11.3 Å². The zero-order valence-corrected chi connectivity index (χ0v) is 16.8. The molecule has 27 heavy (non-hydrogen) atoms. The second-order valence-corrected chi connectivity index (χ2v) is 6.89. The largest absolute Gasteiger partial charge is 0.497 e. The summed E-state index contributed by atoms with van der Waals surface area (Å²) in [5.41, 5.74) is 1.62. The lowest BCUT2D eigenvalue weighted by atomic mass is 9.94. The summed E-state index contributed by atoms with van der Waals surface area (Å²) in [5.74, 6) is 1.48. The van der Waals surface area contributed by atoms with Crippen molar-refractivity contribution < 1.29 is 14.6 Å². The van der Waals surface area contributed by atoms with Crippen molar-refractivity contribution in [1.29, 1.82) is 5.26 Å². The van der Waals surface area contributed by atoms with Crippen molar-refractivity contribution in [3.63, 3.8) is 0 Å². The predicted molar refractivity (Wildman–Crippen MR) is 109 cm³/mol. The fourth-order valence-electron chi connectivity index (χ4n) is 2.59. The van der Waals surface area contributed by atoms with E-state index in [4.69, 9.17) is 14.7 Å². The number of ether oxygens (including phenoxy) is 2. The van der Waals surface area contributed by atoms with Gasteiger partial charge >= 0.3 is 0 Å². The molecule has 0 bridgehead atoms. The zero-order valence-electron chi connectivity index (χ0n) is 15.9. The third-order valence-electron chi connectivity index (χ3n) is 4.05. The molecule has 0 aliphatic rings. The number of hydrogen-bond donors (Lipinski definition) is 2. The Bertz CT molecular complexity index is 725. The molecule has 0 fully saturated rings. The maximum absolute atomic E-state index is 10.2. The summed E-state index contributed by atoms with van der Waals surface area (Å²) in [6, 6.07) is 16.9. The molecule has 146 valence electrons. The molecule has 6 heteroatoms. The van der Waals surface area contributed by atoms with Crippen molar-refractivity contribution >= 4 is 12.4 Å². The minimum Gasteiger partial charge on any atom is -0.497 e. The van der Waals surface area contributed by atoms with Gasteiger partial charge in [0.2, 0.25) is 0 Å². The first kappa shape index (κ1) is 22.8. The number of methoxy groups -OCH3 is 1. The van der Waals surface area contributed by atoms with E-state index in [1.165, 1.54) is 5.56 Å². The molecule has 0 amide bonds. The SMILES string of the molecule is COc1ccc(CC(C)(C)NC[C@@H](O)COc2ccc(C#N)cc2)cc1.Cl. The number of hydrogen-bond acceptors (Lipinski definition) is 5. The van der Waals surface area contributed by atoms with E-state index in [0.29, 0.717) is 17.9 Å². The maximum Gasteiger partial charge on any atom is 0.119 e. The Morgan fingerprint density at radius 1 is 1.07 bits per heavy atom. The number of nitrogens with one attached hydrogen (secondary N) is 1. The Kier molecular flexibility index (Phi) is 9.10. The van der Waals surface area contributed by atoms with Gasteiger partial charge in [0.25, 0.3) is 0 Å². The highest BCUT2D eigenvalue weighted by Gasteiger charge is 2.19. The van der Waals surface area contributed by atoms with E-state index >= 15 is 0 Å². The predicted octanol–water partition coefficient (Wildman–Crippen LogP) is 3.34. The van der Waals surface area contributed by atoms with Gasteiger partial charge in [-0.3, -0.25) is 0 Å². The van der Waals surface area contributed by atoms with Gasteiger partial charge in [-0.2, -0.15) is 5.26 Å². The molecule has 0 radical (unpaired) electrons. The van der Waals surface area contributed by atoms with Crippen LogP contribution in [0.1, 0.15) is 25.0 Å². The normalized spacial score (nSPS) is 11.8. The number of nitrogens with zero attached hydrogens (tertiary/aromatic N) is 1. The molecule has 0 aromatic heterocycles. The quantitative estimate of drug-likeness (QED) is 0.686. The van der Waals surface area contributed by atoms with Crippen molar-refractivity contribution in [2.75, 3.05) is 20.3 Å². The zero-order chi connectivity index (χ0) is 19.0. The standard InChI is InChI=1S/C21H26N2O3.ClH/c1-21(2,12-16-4-8-19(25-3)9-5-16)23-14-18(24)15-26-20-10-6-17(13-22)7-11-20;/h4-11,18,23-24H,12,14-15H2,1-3H3;1H/t18-;/m1./s1. The van der Waals surface area contributed by atoms with Crippen LogP contribution < -0.4 is 14.8 Å². The Balaban J connectivity index is 0.00000364. The van der Waals surface area contributed by atoms with Crippen LogP contribution in [0.4, 0.5) is 0 Å². The van der Waals surface area contributed by atoms with E-state index in [-0.39, 0.29) is 24.6 Å². The average Bonchev–Trinajstić information content (AvgIpc) is 2.65. The molecule has 0 aliphatic carbocycles. The lowest BCUT2D eigenvalue weighted by molar-refractivity contribution is 0.0988. The van der Waals surface area contributed by atoms with Crippen molar-refractivity contribution in [2.45, 2.75) is 31.9 Å². The highest BCUT2D eigenvalue weighted by Crippen LogP contribution is 2.17. The molecule has 2 aromatic rings. The fourth-order valence-corrected chi connectivity index (χ4v) is 2.59. The summed E-state index contributed by atoms with van der Waals surface area (Å²) in [4.78, 5) is 0. The average molecular weight is 391 g/mol. The van der Waals surface area contributed by atoms with E-state index in [1.807, 2.05) is 24.3 Å². The minimum absolute atomic E-state index is 0. The van der Waals surface area contributed by atoms with Crippen LogP contribution in [0.3, 0.4) is 0 Å². The molecule has 1 atom stereocenters. The van der Waals surface area contributed by atoms with E-state index < -0.39 is 6.10 Å². The fraction of sp³-hybridized carbons (Fsp3) is 0.381. The Labute approximate surface area is 167 Å². The monoisotopic (exact) mass is 390 g/mol. The van der Waals surface area contributed by atoms with Gasteiger partial charge in [-0.05, 0) is 62.2 Å². The highest BCUT2D eigenvalue weighted by molar-refractivity contribution is 5.85. The van der Waals surface area contributed by atoms with Crippen molar-refractivity contribution in [3.05, 3.63) is 59.7 Å². The van der Waals surface area contributed by atoms with Crippen molar-refractivity contribution in [2.24, 2.45) is 0 Å². The summed E-state index contributed by atoms with van der Waals surface area (Å²) in [7, 11) is 1.65. The molecule has 2 N–H and O–H groups in total. The number of rotatable bonds is 9. The third-order valence-corrected chi connectivity index (χ3v) is 4.05. The summed E-state index contributed by atoms with van der Waals surface area (Å²) in [6.07, 6.45) is 0.209. The van der Waals surface area contributed by atoms with E-state index in [0.717, 1.165) is 12.2 Å². The number of halogens is 1. The first-order valence-corrected chi connectivity index (χ1v) is 8.61. The molecular weight excluding hydrogens is 364 g/mol. The van der Waals surface area contributed by atoms with Crippen LogP contribution >= 0.6 is 12.4 Å². The van der Waals surface area contributed by atoms with Crippen molar-refractivity contribution in [1.82, 2.24) is 5.32 Å². The number of aliphatic hydroxyl groups is 1. The van der Waals surface area contributed by atoms with Gasteiger partial charge in [0, 0.05) is 12.1 Å². The van der Waals surface area contributed by atoms with Gasteiger partial charge in [-0.15, -0.1) is 12.4 Å². The molecule has 0 aliphatic heterocycles. The molecule has 0 spiro atoms. The summed E-state index contributed by atoms with van der Waals surface area (Å²) in [5, 5.41) is 22.3. The number of β-amino-alcohol motifs (C(OH)–C–C–N with tert-alkyl or cyclic N) is 1. The molecule has 5 nitrogen and oxygen atoms in total. The second-order valence-electron chi connectivity index (χ2n) is 6.89. The van der Waals surface area contributed by atoms with Gasteiger partial charge < -0.3 is 19.9 Å². The first-order valence-electron chi connectivity index (χ1n) is 8.61. The van der Waals surface area contributed by atoms with Crippen LogP contribution in [0.25, 0.3) is 0 Å². The maximum atomic E-state index is 10.2. The third kappa shape index (κ3) is 7.88. The van der Waals surface area contributed by atoms with Crippen LogP contribution in [-0.4, -0.2) is 37.0 Å². The molecule has 0 unspecified atom stereocenters. The molecule has 2 rings (SSSR count). The Morgan fingerprint density at radius 3 is 2.22 bits per heavy atom. The Hall–Kier alpha value is -2.26. The van der Waals surface area contributed by atoms with Gasteiger partial charge in [0.05, 0.1) is 18.7 Å². The summed E-state index contributed by atoms with van der Waals surface area (Å²) >= 11 is 0. The number of benzene rings is 2. The molecule has 0 saturated carbocycles. The van der Waals surface area contributed by atoms with Gasteiger partial charge in [0.1, 0.15) is 24.2 Å². The van der Waals surface area contributed by atoms with Crippen molar-refractivity contribution in [3.8, 4) is 17.6 Å². The van der Waals surface area contributed by atoms with Crippen LogP contribution in [0.15, 0.2) is 48.5 Å². The van der Waals surface area contributed by atoms with Crippen LogP contribution in [-0.2, 0) is 6.42 Å². The second kappa shape index (κ2) is 10.8. The van der Waals surface area contributed by atoms with E-state index in [9.17, 15) is 5.11 Å². The van der Waals surface area contributed by atoms with Crippen LogP contribution in [0.2, 0.25) is 0 Å². The highest BCUT2D eigenvalue weighted by atomic mass is 35.5. The molecule has 2 aromatic carbocycles. The van der Waals surface area contributed by atoms with Gasteiger partial charge in [-0.1, -0.05) is 12.1 Å². The van der Waals surface area contributed by atoms with Gasteiger partial charge in [0.15, 0.2) is 0 Å². The minimum atomic E-state index is -0.624. The Morgan fingerprint density at radius 2 is 1.67 bits per heavy atom. The number of aliphatic hydroxyl groups excluding tert-OH is 1. The smallest absolute Gasteiger partial charge is 0.119 e. The lowest BCUT2D eigenvalue weighted by Gasteiger charge is -2.28. The molecular formula is C21H27ClN2O3. The van der Waals surface area contributed by atoms with Gasteiger partial charge in [-0.25, -0.2) is 0 Å². The number of nitriles is 1. The topological polar surface area (TPSA) is 74.5 Å². The van der Waals surface area contributed by atoms with E-state index in [2.05, 4.69) is 25.2 Å².